The molecule has 29 heavy (non-hydrogen) atoms. The van der Waals surface area contributed by atoms with Crippen LogP contribution in [0.2, 0.25) is 0 Å². The second-order valence-corrected chi connectivity index (χ2v) is 9.62. The molecule has 2 aromatic carbocycles. The van der Waals surface area contributed by atoms with Crippen LogP contribution in [0, 0.1) is 3.57 Å². The van der Waals surface area contributed by atoms with E-state index in [-0.39, 0.29) is 12.0 Å². The molecule has 0 fully saturated rings. The minimum Gasteiger partial charge on any atom is -0.507 e. The number of hydrazine groups is 1. The molecule has 4 N–H and O–H groups in total. The highest BCUT2D eigenvalue weighted by atomic mass is 127. The lowest BCUT2D eigenvalue weighted by Crippen LogP contribution is -2.31. The van der Waals surface area contributed by atoms with Crippen LogP contribution < -0.4 is 10.6 Å². The van der Waals surface area contributed by atoms with E-state index in [4.69, 9.17) is 10.6 Å². The fourth-order valence-corrected chi connectivity index (χ4v) is 3.79. The van der Waals surface area contributed by atoms with E-state index in [1.54, 1.807) is 11.1 Å². The van der Waals surface area contributed by atoms with Crippen LogP contribution in [0.3, 0.4) is 0 Å². The predicted octanol–water partition coefficient (Wildman–Crippen LogP) is 4.93. The summed E-state index contributed by atoms with van der Waals surface area (Å²) < 4.78 is 7.56. The zero-order valence-corrected chi connectivity index (χ0v) is 21.3. The Balaban J connectivity index is 1.94. The van der Waals surface area contributed by atoms with Gasteiger partial charge in [0.2, 0.25) is 0 Å². The van der Waals surface area contributed by atoms with Crippen molar-refractivity contribution in [3.05, 3.63) is 66.4 Å². The highest BCUT2D eigenvalue weighted by molar-refractivity contribution is 14.1. The first kappa shape index (κ1) is 24.2. The van der Waals surface area contributed by atoms with E-state index in [1.165, 1.54) is 5.56 Å². The zero-order valence-electron chi connectivity index (χ0n) is 17.0. The lowest BCUT2D eigenvalue weighted by molar-refractivity contribution is 0.274. The molecule has 0 saturated carbocycles. The predicted molar refractivity (Wildman–Crippen MR) is 134 cm³/mol. The van der Waals surface area contributed by atoms with Gasteiger partial charge in [-0.3, -0.25) is 0 Å². The Labute approximate surface area is 200 Å². The lowest BCUT2D eigenvalue weighted by atomic mass is 9.78. The Morgan fingerprint density at radius 3 is 2.34 bits per heavy atom. The van der Waals surface area contributed by atoms with E-state index in [9.17, 15) is 10.2 Å². The number of hydrogen-bond acceptors (Lipinski definition) is 5. The Bertz CT molecular complexity index is 852. The fraction of sp³-hybridized carbons (Fsp3) is 0.364. The highest BCUT2D eigenvalue weighted by Crippen LogP contribution is 2.35. The van der Waals surface area contributed by atoms with E-state index >= 15 is 0 Å². The molecule has 2 rings (SSSR count). The van der Waals surface area contributed by atoms with Gasteiger partial charge in [0.25, 0.3) is 0 Å². The summed E-state index contributed by atoms with van der Waals surface area (Å²) in [5, 5.41) is 20.6. The molecule has 0 unspecified atom stereocenters. The van der Waals surface area contributed by atoms with Crippen molar-refractivity contribution in [1.82, 2.24) is 5.01 Å². The van der Waals surface area contributed by atoms with E-state index in [0.29, 0.717) is 18.9 Å². The van der Waals surface area contributed by atoms with Crippen molar-refractivity contribution in [2.24, 2.45) is 5.84 Å². The number of hydrogen-bond donors (Lipinski definition) is 3. The Kier molecular flexibility index (Phi) is 9.05. The molecule has 158 valence electrons. The average molecular weight is 622 g/mol. The molecule has 5 nitrogen and oxygen atoms in total. The monoisotopic (exact) mass is 622 g/mol. The summed E-state index contributed by atoms with van der Waals surface area (Å²) in [4.78, 5) is 0. The molecule has 0 bridgehead atoms. The van der Waals surface area contributed by atoms with Crippen molar-refractivity contribution in [3.63, 3.8) is 0 Å². The molecule has 0 radical (unpaired) electrons. The third-order valence-electron chi connectivity index (χ3n) is 4.90. The number of aliphatic hydroxyl groups excluding tert-OH is 1. The second kappa shape index (κ2) is 10.8. The van der Waals surface area contributed by atoms with Gasteiger partial charge in [0.15, 0.2) is 0 Å². The van der Waals surface area contributed by atoms with Gasteiger partial charge in [-0.25, -0.2) is 5.84 Å². The van der Waals surface area contributed by atoms with Crippen LogP contribution in [-0.2, 0) is 5.41 Å². The molecule has 0 heterocycles. The molecule has 7 heteroatoms. The number of phenolic OH excluding ortho intramolecular Hbond substituents is 1. The number of ether oxygens (including phenoxy) is 1. The molecule has 0 aliphatic heterocycles. The van der Waals surface area contributed by atoms with E-state index in [0.717, 1.165) is 30.6 Å². The van der Waals surface area contributed by atoms with Gasteiger partial charge in [-0.05, 0) is 93.1 Å². The molecule has 0 amide bonds. The third kappa shape index (κ3) is 6.47. The molecule has 0 atom stereocenters. The van der Waals surface area contributed by atoms with Crippen molar-refractivity contribution < 1.29 is 14.9 Å². The molecular formula is C22H28I2N2O3. The molecule has 0 spiro atoms. The molecule has 0 aliphatic carbocycles. The van der Waals surface area contributed by atoms with Gasteiger partial charge in [-0.2, -0.15) is 0 Å². The van der Waals surface area contributed by atoms with E-state index in [1.807, 2.05) is 31.2 Å². The Morgan fingerprint density at radius 1 is 1.14 bits per heavy atom. The zero-order chi connectivity index (χ0) is 21.6. The van der Waals surface area contributed by atoms with Crippen molar-refractivity contribution in [3.8, 4) is 11.5 Å². The standard InChI is InChI=1S/C22H28I2N2O3/c1-15(14-27)21(24)26(25)11-4-12-29-18-8-5-16(6-9-18)22(2,3)17-7-10-20(28)19(23)13-17/h5-10,13,27-28H,4,11-12,14,25H2,1-3H3/b21-15+. The van der Waals surface area contributed by atoms with Crippen LogP contribution >= 0.6 is 45.2 Å². The maximum absolute atomic E-state index is 9.77. The van der Waals surface area contributed by atoms with Crippen LogP contribution in [0.5, 0.6) is 11.5 Å². The molecule has 2 aromatic rings. The van der Waals surface area contributed by atoms with Gasteiger partial charge < -0.3 is 20.0 Å². The lowest BCUT2D eigenvalue weighted by Gasteiger charge is -2.26. The van der Waals surface area contributed by atoms with Gasteiger partial charge in [-0.1, -0.05) is 32.0 Å². The number of aromatic hydroxyl groups is 1. The van der Waals surface area contributed by atoms with Crippen molar-refractivity contribution >= 4 is 45.2 Å². The van der Waals surface area contributed by atoms with Crippen LogP contribution in [-0.4, -0.2) is 35.0 Å². The van der Waals surface area contributed by atoms with Gasteiger partial charge in [-0.15, -0.1) is 0 Å². The number of halogens is 2. The molecule has 0 saturated heterocycles. The first-order chi connectivity index (χ1) is 13.7. The maximum atomic E-state index is 9.77. The fourth-order valence-electron chi connectivity index (χ4n) is 2.86. The normalized spacial score (nSPS) is 12.5. The van der Waals surface area contributed by atoms with Gasteiger partial charge in [0.1, 0.15) is 11.5 Å². The number of nitrogens with zero attached hydrogens (tertiary/aromatic N) is 1. The molecular weight excluding hydrogens is 594 g/mol. The second-order valence-electron chi connectivity index (χ2n) is 7.44. The first-order valence-electron chi connectivity index (χ1n) is 9.37. The summed E-state index contributed by atoms with van der Waals surface area (Å²) in [6, 6.07) is 13.9. The summed E-state index contributed by atoms with van der Waals surface area (Å²) in [5.74, 6) is 7.13. The quantitative estimate of drug-likeness (QED) is 0.122. The number of aliphatic hydroxyl groups is 1. The topological polar surface area (TPSA) is 79.0 Å². The van der Waals surface area contributed by atoms with Crippen LogP contribution in [0.4, 0.5) is 0 Å². The number of nitrogens with two attached hydrogens (primary N) is 1. The van der Waals surface area contributed by atoms with Crippen LogP contribution in [0.1, 0.15) is 38.3 Å². The summed E-state index contributed by atoms with van der Waals surface area (Å²) in [5.41, 5.74) is 3.01. The van der Waals surface area contributed by atoms with E-state index in [2.05, 4.69) is 71.2 Å². The molecule has 0 aliphatic rings. The maximum Gasteiger partial charge on any atom is 0.128 e. The van der Waals surface area contributed by atoms with Crippen LogP contribution in [0.25, 0.3) is 0 Å². The largest absolute Gasteiger partial charge is 0.507 e. The third-order valence-corrected chi connectivity index (χ3v) is 7.30. The van der Waals surface area contributed by atoms with Gasteiger partial charge >= 0.3 is 0 Å². The highest BCUT2D eigenvalue weighted by Gasteiger charge is 2.23. The Morgan fingerprint density at radius 2 is 1.76 bits per heavy atom. The minimum atomic E-state index is -0.181. The minimum absolute atomic E-state index is 0.00840. The number of phenols is 1. The molecule has 0 aromatic heterocycles. The Hall–Kier alpha value is -1.04. The van der Waals surface area contributed by atoms with Gasteiger partial charge in [0.05, 0.1) is 20.5 Å². The van der Waals surface area contributed by atoms with Gasteiger partial charge in [0, 0.05) is 18.4 Å². The SMILES string of the molecule is C/C(CO)=C(/I)N(N)CCCOc1ccc(C(C)(C)c2ccc(O)c(I)c2)cc1. The smallest absolute Gasteiger partial charge is 0.128 e. The number of benzene rings is 2. The number of rotatable bonds is 9. The van der Waals surface area contributed by atoms with Crippen molar-refractivity contribution in [2.45, 2.75) is 32.6 Å². The van der Waals surface area contributed by atoms with Crippen molar-refractivity contribution in [2.75, 3.05) is 19.8 Å². The van der Waals surface area contributed by atoms with Crippen LogP contribution in [0.15, 0.2) is 51.7 Å². The summed E-state index contributed by atoms with van der Waals surface area (Å²) in [7, 11) is 0. The summed E-state index contributed by atoms with van der Waals surface area (Å²) >= 11 is 4.29. The van der Waals surface area contributed by atoms with Crippen molar-refractivity contribution in [1.29, 1.82) is 0 Å². The first-order valence-corrected chi connectivity index (χ1v) is 11.5. The van der Waals surface area contributed by atoms with E-state index < -0.39 is 0 Å². The summed E-state index contributed by atoms with van der Waals surface area (Å²) in [6.07, 6.45) is 0.779. The summed E-state index contributed by atoms with van der Waals surface area (Å²) in [6.45, 7) is 7.43. The average Bonchev–Trinajstić information content (AvgIpc) is 2.72.